The SMILES string of the molecule is C[C@H]1C[C@@]2(C[C@@H](c3cnn(C4CCOCC4)c3)N1)OCCc1cc(Cl)sc12. The summed E-state index contributed by atoms with van der Waals surface area (Å²) >= 11 is 8.06. The molecule has 1 spiro atoms. The van der Waals surface area contributed by atoms with E-state index in [0.717, 1.165) is 56.3 Å². The van der Waals surface area contributed by atoms with E-state index in [2.05, 4.69) is 34.3 Å². The summed E-state index contributed by atoms with van der Waals surface area (Å²) in [6.45, 7) is 4.69. The summed E-state index contributed by atoms with van der Waals surface area (Å²) in [6, 6.07) is 3.21. The molecule has 0 aliphatic carbocycles. The highest BCUT2D eigenvalue weighted by molar-refractivity contribution is 7.16. The van der Waals surface area contributed by atoms with E-state index < -0.39 is 0 Å². The van der Waals surface area contributed by atoms with Crippen molar-refractivity contribution in [2.75, 3.05) is 19.8 Å². The van der Waals surface area contributed by atoms with Crippen LogP contribution in [0.4, 0.5) is 0 Å². The highest BCUT2D eigenvalue weighted by Crippen LogP contribution is 2.50. The van der Waals surface area contributed by atoms with Crippen LogP contribution in [-0.2, 0) is 21.5 Å². The quantitative estimate of drug-likeness (QED) is 0.809. The van der Waals surface area contributed by atoms with Crippen LogP contribution < -0.4 is 5.32 Å². The van der Waals surface area contributed by atoms with Crippen molar-refractivity contribution in [1.29, 1.82) is 0 Å². The molecule has 2 aromatic heterocycles. The molecule has 2 aromatic rings. The van der Waals surface area contributed by atoms with Gasteiger partial charge in [0.2, 0.25) is 0 Å². The predicted molar refractivity (Wildman–Crippen MR) is 107 cm³/mol. The zero-order valence-electron chi connectivity index (χ0n) is 15.6. The highest BCUT2D eigenvalue weighted by Gasteiger charge is 2.46. The minimum absolute atomic E-state index is 0.221. The van der Waals surface area contributed by atoms with Crippen LogP contribution in [0.3, 0.4) is 0 Å². The van der Waals surface area contributed by atoms with Crippen LogP contribution in [0.5, 0.6) is 0 Å². The third kappa shape index (κ3) is 3.36. The van der Waals surface area contributed by atoms with Crippen molar-refractivity contribution in [2.45, 2.75) is 62.8 Å². The number of nitrogens with zero attached hydrogens (tertiary/aromatic N) is 2. The lowest BCUT2D eigenvalue weighted by Crippen LogP contribution is -2.49. The summed E-state index contributed by atoms with van der Waals surface area (Å²) in [7, 11) is 0. The standard InChI is InChI=1S/C20H26ClN3O2S/c1-13-9-20(19-14(2-7-26-20)8-18(21)27-19)10-17(23-13)15-11-22-24(12-15)16-3-5-25-6-4-16/h8,11-13,16-17,23H,2-7,9-10H2,1H3/t13-,17-,20-/m0/s1. The van der Waals surface area contributed by atoms with Gasteiger partial charge in [-0.2, -0.15) is 5.10 Å². The number of thiophene rings is 1. The second-order valence-corrected chi connectivity index (χ2v) is 9.81. The van der Waals surface area contributed by atoms with Gasteiger partial charge in [-0.3, -0.25) is 4.68 Å². The molecule has 5 rings (SSSR count). The Kier molecular flexibility index (Phi) is 4.81. The number of halogens is 1. The Morgan fingerprint density at radius 1 is 1.30 bits per heavy atom. The molecular formula is C20H26ClN3O2S. The van der Waals surface area contributed by atoms with E-state index in [0.29, 0.717) is 12.1 Å². The molecule has 5 heterocycles. The summed E-state index contributed by atoms with van der Waals surface area (Å²) in [5.74, 6) is 0. The molecule has 3 atom stereocenters. The molecule has 2 saturated heterocycles. The molecular weight excluding hydrogens is 382 g/mol. The van der Waals surface area contributed by atoms with E-state index in [9.17, 15) is 0 Å². The largest absolute Gasteiger partial charge is 0.381 e. The Labute approximate surface area is 169 Å². The van der Waals surface area contributed by atoms with Gasteiger partial charge in [-0.25, -0.2) is 0 Å². The molecule has 3 aliphatic rings. The summed E-state index contributed by atoms with van der Waals surface area (Å²) in [6.07, 6.45) is 9.23. The van der Waals surface area contributed by atoms with E-state index in [1.807, 2.05) is 6.20 Å². The summed E-state index contributed by atoms with van der Waals surface area (Å²) < 4.78 is 15.0. The first-order valence-corrected chi connectivity index (χ1v) is 11.1. The van der Waals surface area contributed by atoms with Crippen LogP contribution in [0.15, 0.2) is 18.5 Å². The maximum Gasteiger partial charge on any atom is 0.106 e. The van der Waals surface area contributed by atoms with Gasteiger partial charge in [-0.15, -0.1) is 11.3 Å². The number of aromatic nitrogens is 2. The fourth-order valence-electron chi connectivity index (χ4n) is 4.96. The zero-order valence-corrected chi connectivity index (χ0v) is 17.2. The van der Waals surface area contributed by atoms with E-state index in [1.54, 1.807) is 11.3 Å². The van der Waals surface area contributed by atoms with Crippen LogP contribution in [0, 0.1) is 0 Å². The molecule has 0 radical (unpaired) electrons. The lowest BCUT2D eigenvalue weighted by molar-refractivity contribution is -0.0954. The Balaban J connectivity index is 1.42. The average molecular weight is 408 g/mol. The van der Waals surface area contributed by atoms with Crippen LogP contribution in [0.2, 0.25) is 4.34 Å². The molecule has 0 saturated carbocycles. The first kappa shape index (κ1) is 18.1. The van der Waals surface area contributed by atoms with Gasteiger partial charge in [-0.1, -0.05) is 11.6 Å². The van der Waals surface area contributed by atoms with Crippen LogP contribution in [-0.4, -0.2) is 35.6 Å². The van der Waals surface area contributed by atoms with Gasteiger partial charge < -0.3 is 14.8 Å². The second-order valence-electron chi connectivity index (χ2n) is 8.12. The van der Waals surface area contributed by atoms with Crippen molar-refractivity contribution in [1.82, 2.24) is 15.1 Å². The lowest BCUT2D eigenvalue weighted by atomic mass is 9.78. The fourth-order valence-corrected chi connectivity index (χ4v) is 6.42. The lowest BCUT2D eigenvalue weighted by Gasteiger charge is -2.46. The van der Waals surface area contributed by atoms with Gasteiger partial charge in [0.15, 0.2) is 0 Å². The normalized spacial score (nSPS) is 31.9. The van der Waals surface area contributed by atoms with Gasteiger partial charge in [0.1, 0.15) is 5.60 Å². The third-order valence-corrected chi connectivity index (χ3v) is 7.68. The first-order valence-electron chi connectivity index (χ1n) is 9.93. The van der Waals surface area contributed by atoms with Gasteiger partial charge in [0.05, 0.1) is 23.2 Å². The molecule has 7 heteroatoms. The van der Waals surface area contributed by atoms with E-state index in [1.165, 1.54) is 16.0 Å². The molecule has 0 aromatic carbocycles. The maximum absolute atomic E-state index is 6.46. The minimum atomic E-state index is -0.221. The van der Waals surface area contributed by atoms with E-state index in [-0.39, 0.29) is 11.6 Å². The first-order chi connectivity index (χ1) is 13.1. The Morgan fingerprint density at radius 3 is 3.00 bits per heavy atom. The number of nitrogens with one attached hydrogen (secondary N) is 1. The van der Waals surface area contributed by atoms with Crippen LogP contribution in [0.25, 0.3) is 0 Å². The molecule has 5 nitrogen and oxygen atoms in total. The van der Waals surface area contributed by atoms with Crippen LogP contribution >= 0.6 is 22.9 Å². The minimum Gasteiger partial charge on any atom is -0.381 e. The average Bonchev–Trinajstić information content (AvgIpc) is 3.29. The van der Waals surface area contributed by atoms with Crippen LogP contribution in [0.1, 0.15) is 60.7 Å². The molecule has 2 fully saturated rings. The van der Waals surface area contributed by atoms with Gasteiger partial charge in [0, 0.05) is 48.4 Å². The molecule has 0 amide bonds. The summed E-state index contributed by atoms with van der Waals surface area (Å²) in [4.78, 5) is 1.34. The number of hydrogen-bond donors (Lipinski definition) is 1. The monoisotopic (exact) mass is 407 g/mol. The van der Waals surface area contributed by atoms with Gasteiger partial charge >= 0.3 is 0 Å². The molecule has 27 heavy (non-hydrogen) atoms. The van der Waals surface area contributed by atoms with Gasteiger partial charge in [-0.05, 0) is 44.2 Å². The summed E-state index contributed by atoms with van der Waals surface area (Å²) in [5.41, 5.74) is 2.41. The topological polar surface area (TPSA) is 48.3 Å². The number of ether oxygens (including phenoxy) is 2. The fraction of sp³-hybridized carbons (Fsp3) is 0.650. The Hall–Kier alpha value is -0.920. The van der Waals surface area contributed by atoms with Crippen molar-refractivity contribution in [3.63, 3.8) is 0 Å². The molecule has 0 unspecified atom stereocenters. The summed E-state index contributed by atoms with van der Waals surface area (Å²) in [5, 5.41) is 8.46. The highest BCUT2D eigenvalue weighted by atomic mass is 35.5. The number of fused-ring (bicyclic) bond motifs is 2. The number of hydrogen-bond acceptors (Lipinski definition) is 5. The van der Waals surface area contributed by atoms with Crippen molar-refractivity contribution < 1.29 is 9.47 Å². The molecule has 146 valence electrons. The van der Waals surface area contributed by atoms with Gasteiger partial charge in [0.25, 0.3) is 0 Å². The second kappa shape index (κ2) is 7.16. The number of piperidine rings is 1. The molecule has 0 bridgehead atoms. The molecule has 3 aliphatic heterocycles. The Morgan fingerprint density at radius 2 is 2.15 bits per heavy atom. The Bertz CT molecular complexity index is 816. The third-order valence-electron chi connectivity index (χ3n) is 6.19. The van der Waals surface area contributed by atoms with Crippen molar-refractivity contribution in [3.05, 3.63) is 38.8 Å². The molecule has 1 N–H and O–H groups in total. The maximum atomic E-state index is 6.46. The number of rotatable bonds is 2. The van der Waals surface area contributed by atoms with Crippen molar-refractivity contribution >= 4 is 22.9 Å². The predicted octanol–water partition coefficient (Wildman–Crippen LogP) is 4.23. The van der Waals surface area contributed by atoms with E-state index in [4.69, 9.17) is 21.1 Å². The smallest absolute Gasteiger partial charge is 0.106 e. The van der Waals surface area contributed by atoms with E-state index >= 15 is 0 Å². The van der Waals surface area contributed by atoms with Crippen molar-refractivity contribution in [2.24, 2.45) is 0 Å². The van der Waals surface area contributed by atoms with Crippen molar-refractivity contribution in [3.8, 4) is 0 Å². The zero-order chi connectivity index (χ0) is 18.4.